The van der Waals surface area contributed by atoms with E-state index in [0.29, 0.717) is 51.6 Å². The number of hydrogen-bond donors (Lipinski definition) is 2. The van der Waals surface area contributed by atoms with Gasteiger partial charge < -0.3 is 29.4 Å². The van der Waals surface area contributed by atoms with E-state index in [4.69, 9.17) is 29.4 Å². The number of nitrogens with one attached hydrogen (secondary N) is 1. The highest BCUT2D eigenvalue weighted by Crippen LogP contribution is 2.45. The number of hydrogen-bond acceptors (Lipinski definition) is 11. The lowest BCUT2D eigenvalue weighted by Crippen LogP contribution is -2.27. The second-order valence-electron chi connectivity index (χ2n) is 10.9. The van der Waals surface area contributed by atoms with Crippen LogP contribution in [-0.4, -0.2) is 83.7 Å². The third-order valence-corrected chi connectivity index (χ3v) is 8.06. The molecule has 2 saturated heterocycles. The summed E-state index contributed by atoms with van der Waals surface area (Å²) in [4.78, 5) is 43.4. The molecule has 4 fully saturated rings. The molecule has 0 bridgehead atoms. The number of carbonyl (C=O) groups is 2. The van der Waals surface area contributed by atoms with Gasteiger partial charge >= 0.3 is 5.97 Å². The second kappa shape index (κ2) is 13.3. The van der Waals surface area contributed by atoms with Gasteiger partial charge in [0.25, 0.3) is 5.56 Å². The first-order valence-electron chi connectivity index (χ1n) is 14.6. The summed E-state index contributed by atoms with van der Waals surface area (Å²) in [5.41, 5.74) is 7.57. The number of nitrogens with zero attached hydrogens (tertiary/aromatic N) is 3. The molecular formula is C29H39N5O8. The van der Waals surface area contributed by atoms with Crippen LogP contribution < -0.4 is 11.3 Å². The van der Waals surface area contributed by atoms with Crippen LogP contribution in [0.1, 0.15) is 63.5 Å². The van der Waals surface area contributed by atoms with Gasteiger partial charge in [-0.25, -0.2) is 9.50 Å². The number of H-pyrrole nitrogens is 1. The summed E-state index contributed by atoms with van der Waals surface area (Å²) < 4.78 is 28.7. The van der Waals surface area contributed by atoms with Crippen molar-refractivity contribution in [3.63, 3.8) is 0 Å². The van der Waals surface area contributed by atoms with E-state index in [1.54, 1.807) is 37.5 Å². The number of allylic oxidation sites excluding steroid dienone is 1. The highest BCUT2D eigenvalue weighted by Gasteiger charge is 2.46. The van der Waals surface area contributed by atoms with E-state index in [2.05, 4.69) is 15.1 Å². The van der Waals surface area contributed by atoms with Gasteiger partial charge in [-0.05, 0) is 25.8 Å². The monoisotopic (exact) mass is 585 g/mol. The molecule has 2 aromatic heterocycles. The van der Waals surface area contributed by atoms with Crippen LogP contribution in [0.3, 0.4) is 0 Å². The zero-order valence-electron chi connectivity index (χ0n) is 23.9. The van der Waals surface area contributed by atoms with Gasteiger partial charge in [0.2, 0.25) is 0 Å². The van der Waals surface area contributed by atoms with Crippen LogP contribution in [0.4, 0.5) is 0 Å². The van der Waals surface area contributed by atoms with Crippen LogP contribution in [-0.2, 0) is 33.3 Å². The molecular weight excluding hydrogens is 546 g/mol. The highest BCUT2D eigenvalue weighted by molar-refractivity contribution is 5.97. The highest BCUT2D eigenvalue weighted by atomic mass is 16.7. The first kappa shape index (κ1) is 30.1. The lowest BCUT2D eigenvalue weighted by molar-refractivity contribution is -0.156. The van der Waals surface area contributed by atoms with Gasteiger partial charge in [0.05, 0.1) is 45.3 Å². The van der Waals surface area contributed by atoms with Crippen molar-refractivity contribution in [1.29, 1.82) is 0 Å². The van der Waals surface area contributed by atoms with Crippen LogP contribution in [0.5, 0.6) is 0 Å². The molecule has 0 aromatic carbocycles. The van der Waals surface area contributed by atoms with Crippen LogP contribution in [0.2, 0.25) is 0 Å². The van der Waals surface area contributed by atoms with Crippen molar-refractivity contribution in [2.75, 3.05) is 39.6 Å². The summed E-state index contributed by atoms with van der Waals surface area (Å²) in [7, 11) is 0. The smallest absolute Gasteiger partial charge is 0.313 e. The van der Waals surface area contributed by atoms with E-state index in [1.165, 1.54) is 4.52 Å². The lowest BCUT2D eigenvalue weighted by Gasteiger charge is -2.21. The number of rotatable bonds is 5. The number of nitrogens with two attached hydrogens (primary N) is 1. The number of ether oxygens (including phenoxy) is 5. The molecule has 2 aliphatic carbocycles. The summed E-state index contributed by atoms with van der Waals surface area (Å²) in [6, 6.07) is 3.42. The predicted molar refractivity (Wildman–Crippen MR) is 151 cm³/mol. The Kier molecular flexibility index (Phi) is 9.51. The van der Waals surface area contributed by atoms with Gasteiger partial charge in [-0.3, -0.25) is 24.5 Å². The lowest BCUT2D eigenvalue weighted by atomic mass is 10.00. The van der Waals surface area contributed by atoms with E-state index in [1.807, 2.05) is 0 Å². The van der Waals surface area contributed by atoms with Gasteiger partial charge in [-0.15, -0.1) is 0 Å². The van der Waals surface area contributed by atoms with E-state index in [-0.39, 0.29) is 29.6 Å². The Morgan fingerprint density at radius 3 is 2.40 bits per heavy atom. The molecule has 13 heteroatoms. The number of Topliss-reactive ketones (excluding diaryl/α,β-unsaturated/α-hetero) is 1. The van der Waals surface area contributed by atoms with Crippen molar-refractivity contribution in [2.45, 2.75) is 69.4 Å². The number of aromatic amines is 1. The number of aliphatic imine (C=N–C) groups is 1. The average Bonchev–Trinajstić information content (AvgIpc) is 3.81. The molecule has 228 valence electrons. The topological polar surface area (TPSA) is 169 Å². The summed E-state index contributed by atoms with van der Waals surface area (Å²) >= 11 is 0. The van der Waals surface area contributed by atoms with Crippen molar-refractivity contribution in [3.05, 3.63) is 46.2 Å². The Morgan fingerprint density at radius 1 is 1.10 bits per heavy atom. The van der Waals surface area contributed by atoms with Crippen molar-refractivity contribution in [2.24, 2.45) is 16.6 Å². The van der Waals surface area contributed by atoms with Gasteiger partial charge in [-0.1, -0.05) is 0 Å². The molecule has 13 nitrogen and oxygen atoms in total. The first-order chi connectivity index (χ1) is 20.3. The van der Waals surface area contributed by atoms with E-state index < -0.39 is 17.5 Å². The third-order valence-electron chi connectivity index (χ3n) is 8.06. The predicted octanol–water partition coefficient (Wildman–Crippen LogP) is 2.00. The molecule has 5 heterocycles. The zero-order chi connectivity index (χ0) is 29.6. The summed E-state index contributed by atoms with van der Waals surface area (Å²) in [5.74, 6) is -1.35. The number of carbonyl (C=O) groups excluding carboxylic acids is 2. The molecule has 2 unspecified atom stereocenters. The normalized spacial score (nSPS) is 24.8. The van der Waals surface area contributed by atoms with Gasteiger partial charge in [0.15, 0.2) is 17.2 Å². The van der Waals surface area contributed by atoms with Crippen LogP contribution in [0.25, 0.3) is 5.65 Å². The Hall–Kier alpha value is -3.39. The van der Waals surface area contributed by atoms with E-state index in [9.17, 15) is 14.4 Å². The molecule has 0 amide bonds. The fraction of sp³-hybridized carbons (Fsp3) is 0.621. The van der Waals surface area contributed by atoms with Crippen molar-refractivity contribution in [3.8, 4) is 0 Å². The largest absolute Gasteiger partial charge is 0.466 e. The molecule has 2 spiro atoms. The molecule has 7 rings (SSSR count). The number of ketones is 1. The number of fused-ring (bicyclic) bond motifs is 1. The van der Waals surface area contributed by atoms with Crippen molar-refractivity contribution in [1.82, 2.24) is 14.6 Å². The molecule has 3 N–H and O–H groups in total. The molecule has 5 aliphatic rings. The summed E-state index contributed by atoms with van der Waals surface area (Å²) in [6.45, 7) is 5.26. The number of aromatic nitrogens is 3. The first-order valence-corrected chi connectivity index (χ1v) is 14.6. The van der Waals surface area contributed by atoms with Gasteiger partial charge in [0.1, 0.15) is 12.2 Å². The second-order valence-corrected chi connectivity index (χ2v) is 10.9. The number of esters is 1. The zero-order valence-corrected chi connectivity index (χ0v) is 23.9. The minimum Gasteiger partial charge on any atom is -0.466 e. The standard InChI is InChI=1S/C13H15N3O3.C12H18O5.C4H6N2/c17-12-7-10(15-11-2-4-14-16(11)12)9-1-3-13(8-9)18-5-6-19-13;1-2-15-11(14)7-10(13)9-3-4-12(8-9)16-5-6-17-12;5-4-1-2-6-3-4/h2,4,7,9,14H,1,3,5-6,8H2;9H,2-8H2,1H3;1-2H,3,5H2. The Bertz CT molecular complexity index is 1370. The fourth-order valence-electron chi connectivity index (χ4n) is 6.01. The minimum absolute atomic E-state index is 0.0561. The third kappa shape index (κ3) is 7.14. The Morgan fingerprint density at radius 2 is 1.79 bits per heavy atom. The Balaban J connectivity index is 0.000000141. The fourth-order valence-corrected chi connectivity index (χ4v) is 6.01. The molecule has 2 atom stereocenters. The van der Waals surface area contributed by atoms with Crippen molar-refractivity contribution >= 4 is 23.6 Å². The summed E-state index contributed by atoms with van der Waals surface area (Å²) in [5, 5.41) is 2.85. The SMILES string of the molecule is CCOC(=O)CC(=O)C1CCC2(C1)OCCO2.NC1=CC=NC1.O=c1cc(C2CCC3(C2)OCCO3)nc2cc[nH]n12. The molecule has 2 aromatic rings. The maximum atomic E-state index is 12.0. The molecule has 0 radical (unpaired) electrons. The molecule has 42 heavy (non-hydrogen) atoms. The maximum Gasteiger partial charge on any atom is 0.313 e. The quantitative estimate of drug-likeness (QED) is 0.391. The van der Waals surface area contributed by atoms with Gasteiger partial charge in [-0.2, -0.15) is 0 Å². The van der Waals surface area contributed by atoms with Gasteiger partial charge in [0, 0.05) is 67.8 Å². The van der Waals surface area contributed by atoms with Crippen molar-refractivity contribution < 1.29 is 33.3 Å². The average molecular weight is 586 g/mol. The van der Waals surface area contributed by atoms with Crippen LogP contribution in [0.15, 0.2) is 39.9 Å². The van der Waals surface area contributed by atoms with Crippen LogP contribution in [0, 0.1) is 5.92 Å². The van der Waals surface area contributed by atoms with E-state index >= 15 is 0 Å². The summed E-state index contributed by atoms with van der Waals surface area (Å²) in [6.07, 6.45) is 9.78. The van der Waals surface area contributed by atoms with E-state index in [0.717, 1.165) is 43.5 Å². The molecule has 3 aliphatic heterocycles. The Labute approximate surface area is 243 Å². The maximum absolute atomic E-state index is 12.0. The minimum atomic E-state index is -0.547. The molecule has 2 saturated carbocycles. The van der Waals surface area contributed by atoms with Crippen LogP contribution >= 0.6 is 0 Å².